The van der Waals surface area contributed by atoms with Gasteiger partial charge in [-0.1, -0.05) is 98.0 Å². The molecular weight excluding hydrogens is 400 g/mol. The molecule has 1 aliphatic carbocycles. The molecule has 33 heavy (non-hydrogen) atoms. The Morgan fingerprint density at radius 2 is 1.48 bits per heavy atom. The maximum absolute atomic E-state index is 4.96. The summed E-state index contributed by atoms with van der Waals surface area (Å²) < 4.78 is 0. The standard InChI is InChI=1S/C31H28N2/c1-3-23-10-6-4-9-13-27-21-28(18-19-29(23)27)31-32-22(2)20-30(33-31)26-16-14-25(15-17-26)24-11-7-5-8-12-24/h4-12,14-21,23H,3,13H2,1-2H3/b9-4-,10-6-. The fourth-order valence-electron chi connectivity index (χ4n) is 4.52. The molecule has 2 nitrogen and oxygen atoms in total. The third kappa shape index (κ3) is 4.56. The van der Waals surface area contributed by atoms with Gasteiger partial charge in [0.15, 0.2) is 5.82 Å². The molecule has 5 rings (SSSR count). The van der Waals surface area contributed by atoms with E-state index in [0.717, 1.165) is 41.2 Å². The Hall–Kier alpha value is -3.78. The second-order valence-corrected chi connectivity index (χ2v) is 8.61. The zero-order valence-corrected chi connectivity index (χ0v) is 19.2. The van der Waals surface area contributed by atoms with E-state index < -0.39 is 0 Å². The van der Waals surface area contributed by atoms with Crippen LogP contribution in [0.4, 0.5) is 0 Å². The van der Waals surface area contributed by atoms with E-state index in [9.17, 15) is 0 Å². The summed E-state index contributed by atoms with van der Waals surface area (Å²) in [7, 11) is 0. The summed E-state index contributed by atoms with van der Waals surface area (Å²) in [6.07, 6.45) is 10.9. The Labute approximate surface area is 196 Å². The minimum atomic E-state index is 0.455. The molecule has 0 fully saturated rings. The highest BCUT2D eigenvalue weighted by Gasteiger charge is 2.14. The first kappa shape index (κ1) is 21.1. The van der Waals surface area contributed by atoms with Gasteiger partial charge in [-0.05, 0) is 54.2 Å². The van der Waals surface area contributed by atoms with E-state index in [1.165, 1.54) is 22.3 Å². The molecule has 3 aromatic carbocycles. The normalized spacial score (nSPS) is 17.0. The predicted molar refractivity (Wildman–Crippen MR) is 138 cm³/mol. The maximum Gasteiger partial charge on any atom is 0.160 e. The van der Waals surface area contributed by atoms with E-state index in [1.54, 1.807) is 0 Å². The van der Waals surface area contributed by atoms with Gasteiger partial charge < -0.3 is 0 Å². The molecule has 2 heteroatoms. The highest BCUT2D eigenvalue weighted by atomic mass is 14.9. The molecule has 0 saturated carbocycles. The van der Waals surface area contributed by atoms with Crippen LogP contribution >= 0.6 is 0 Å². The number of fused-ring (bicyclic) bond motifs is 1. The van der Waals surface area contributed by atoms with Crippen LogP contribution in [0.1, 0.15) is 36.1 Å². The Bertz CT molecular complexity index is 1320. The van der Waals surface area contributed by atoms with E-state index >= 15 is 0 Å². The minimum Gasteiger partial charge on any atom is -0.233 e. The van der Waals surface area contributed by atoms with Crippen molar-refractivity contribution >= 4 is 0 Å². The molecule has 4 aromatic rings. The SMILES string of the molecule is CCC1/C=C\C=C/Cc2cc(-c3nc(C)cc(-c4ccc(-c5ccccc5)cc4)n3)ccc21. The van der Waals surface area contributed by atoms with E-state index in [1.807, 2.05) is 13.0 Å². The molecule has 0 amide bonds. The van der Waals surface area contributed by atoms with Crippen molar-refractivity contribution in [2.75, 3.05) is 0 Å². The maximum atomic E-state index is 4.96. The topological polar surface area (TPSA) is 25.8 Å². The zero-order chi connectivity index (χ0) is 22.6. The lowest BCUT2D eigenvalue weighted by Crippen LogP contribution is -2.02. The largest absolute Gasteiger partial charge is 0.233 e. The van der Waals surface area contributed by atoms with Crippen molar-refractivity contribution < 1.29 is 0 Å². The summed E-state index contributed by atoms with van der Waals surface area (Å²) in [4.78, 5) is 9.75. The first-order valence-electron chi connectivity index (χ1n) is 11.7. The second-order valence-electron chi connectivity index (χ2n) is 8.61. The van der Waals surface area contributed by atoms with Crippen LogP contribution in [0.15, 0.2) is 103 Å². The predicted octanol–water partition coefficient (Wildman–Crippen LogP) is 7.95. The number of hydrogen-bond acceptors (Lipinski definition) is 2. The molecule has 1 atom stereocenters. The highest BCUT2D eigenvalue weighted by molar-refractivity contribution is 5.70. The number of hydrogen-bond donors (Lipinski definition) is 0. The fraction of sp³-hybridized carbons (Fsp3) is 0.161. The van der Waals surface area contributed by atoms with Crippen LogP contribution in [-0.4, -0.2) is 9.97 Å². The van der Waals surface area contributed by atoms with Crippen molar-refractivity contribution in [2.24, 2.45) is 0 Å². The van der Waals surface area contributed by atoms with Gasteiger partial charge in [-0.3, -0.25) is 0 Å². The first-order valence-corrected chi connectivity index (χ1v) is 11.7. The Balaban J connectivity index is 1.50. The lowest BCUT2D eigenvalue weighted by atomic mass is 9.88. The van der Waals surface area contributed by atoms with Gasteiger partial charge in [-0.2, -0.15) is 0 Å². The van der Waals surface area contributed by atoms with Crippen molar-refractivity contribution in [3.05, 3.63) is 120 Å². The molecule has 0 radical (unpaired) electrons. The van der Waals surface area contributed by atoms with Crippen molar-refractivity contribution in [2.45, 2.75) is 32.6 Å². The van der Waals surface area contributed by atoms with Crippen molar-refractivity contribution in [1.82, 2.24) is 9.97 Å². The molecule has 0 bridgehead atoms. The number of aromatic nitrogens is 2. The average Bonchev–Trinajstić information content (AvgIpc) is 2.85. The van der Waals surface area contributed by atoms with Gasteiger partial charge in [0.25, 0.3) is 0 Å². The summed E-state index contributed by atoms with van der Waals surface area (Å²) in [5.74, 6) is 1.24. The number of aryl methyl sites for hydroxylation is 1. The third-order valence-corrected chi connectivity index (χ3v) is 6.31. The summed E-state index contributed by atoms with van der Waals surface area (Å²) in [5.41, 5.74) is 9.31. The lowest BCUT2D eigenvalue weighted by Gasteiger charge is -2.18. The average molecular weight is 429 g/mol. The molecule has 0 spiro atoms. The Morgan fingerprint density at radius 3 is 2.27 bits per heavy atom. The summed E-state index contributed by atoms with van der Waals surface area (Å²) in [5, 5.41) is 0. The summed E-state index contributed by atoms with van der Waals surface area (Å²) in [6.45, 7) is 4.29. The molecule has 1 aromatic heterocycles. The quantitative estimate of drug-likeness (QED) is 0.330. The van der Waals surface area contributed by atoms with Gasteiger partial charge in [-0.15, -0.1) is 0 Å². The molecule has 1 heterocycles. The van der Waals surface area contributed by atoms with E-state index in [2.05, 4.69) is 104 Å². The number of benzene rings is 3. The number of allylic oxidation sites excluding steroid dienone is 4. The van der Waals surface area contributed by atoms with E-state index in [-0.39, 0.29) is 0 Å². The van der Waals surface area contributed by atoms with Gasteiger partial charge in [0.2, 0.25) is 0 Å². The van der Waals surface area contributed by atoms with Gasteiger partial charge >= 0.3 is 0 Å². The Kier molecular flexibility index (Phi) is 5.99. The van der Waals surface area contributed by atoms with Crippen LogP contribution in [0, 0.1) is 6.92 Å². The van der Waals surface area contributed by atoms with Crippen LogP contribution in [0.25, 0.3) is 33.8 Å². The lowest BCUT2D eigenvalue weighted by molar-refractivity contribution is 0.793. The number of nitrogens with zero attached hydrogens (tertiary/aromatic N) is 2. The molecule has 1 unspecified atom stereocenters. The van der Waals surface area contributed by atoms with Crippen LogP contribution < -0.4 is 0 Å². The highest BCUT2D eigenvalue weighted by Crippen LogP contribution is 2.31. The van der Waals surface area contributed by atoms with Crippen LogP contribution in [-0.2, 0) is 6.42 Å². The van der Waals surface area contributed by atoms with Gasteiger partial charge in [0.05, 0.1) is 5.69 Å². The van der Waals surface area contributed by atoms with Gasteiger partial charge in [0, 0.05) is 22.7 Å². The van der Waals surface area contributed by atoms with E-state index in [0.29, 0.717) is 5.92 Å². The third-order valence-electron chi connectivity index (χ3n) is 6.31. The van der Waals surface area contributed by atoms with Crippen molar-refractivity contribution in [3.63, 3.8) is 0 Å². The summed E-state index contributed by atoms with van der Waals surface area (Å²) >= 11 is 0. The Morgan fingerprint density at radius 1 is 0.758 bits per heavy atom. The van der Waals surface area contributed by atoms with Crippen LogP contribution in [0.3, 0.4) is 0 Å². The van der Waals surface area contributed by atoms with Crippen molar-refractivity contribution in [1.29, 1.82) is 0 Å². The smallest absolute Gasteiger partial charge is 0.160 e. The zero-order valence-electron chi connectivity index (χ0n) is 19.2. The monoisotopic (exact) mass is 428 g/mol. The first-order chi connectivity index (χ1) is 16.2. The molecule has 1 aliphatic rings. The molecular formula is C31H28N2. The van der Waals surface area contributed by atoms with Gasteiger partial charge in [-0.25, -0.2) is 9.97 Å². The molecule has 0 saturated heterocycles. The second kappa shape index (κ2) is 9.38. The van der Waals surface area contributed by atoms with Crippen LogP contribution in [0.2, 0.25) is 0 Å². The van der Waals surface area contributed by atoms with Crippen molar-refractivity contribution in [3.8, 4) is 33.8 Å². The van der Waals surface area contributed by atoms with Gasteiger partial charge in [0.1, 0.15) is 0 Å². The summed E-state index contributed by atoms with van der Waals surface area (Å²) in [6, 6.07) is 27.9. The number of rotatable bonds is 4. The molecule has 162 valence electrons. The molecule has 0 aliphatic heterocycles. The van der Waals surface area contributed by atoms with E-state index in [4.69, 9.17) is 9.97 Å². The fourth-order valence-corrected chi connectivity index (χ4v) is 4.52. The molecule has 0 N–H and O–H groups in total. The minimum absolute atomic E-state index is 0.455. The van der Waals surface area contributed by atoms with Crippen LogP contribution in [0.5, 0.6) is 0 Å².